The molecule has 1 atom stereocenters. The van der Waals surface area contributed by atoms with Crippen LogP contribution in [0.1, 0.15) is 39.4 Å². The van der Waals surface area contributed by atoms with Gasteiger partial charge in [-0.1, -0.05) is 13.8 Å². The molecular weight excluding hydrogens is 214 g/mol. The minimum absolute atomic E-state index is 0.123. The summed E-state index contributed by atoms with van der Waals surface area (Å²) in [6, 6.07) is 1.68. The predicted molar refractivity (Wildman–Crippen MR) is 60.5 cm³/mol. The Balaban J connectivity index is 0.000000921. The van der Waals surface area contributed by atoms with Gasteiger partial charge in [0.2, 0.25) is 0 Å². The van der Waals surface area contributed by atoms with Gasteiger partial charge in [-0.25, -0.2) is 9.35 Å². The second kappa shape index (κ2) is 6.71. The minimum atomic E-state index is -1.58. The molecule has 1 heterocycles. The lowest BCUT2D eigenvalue weighted by Crippen LogP contribution is -2.09. The molecule has 0 spiro atoms. The van der Waals surface area contributed by atoms with Crippen molar-refractivity contribution in [3.05, 3.63) is 11.8 Å². The Morgan fingerprint density at radius 2 is 2.13 bits per heavy atom. The summed E-state index contributed by atoms with van der Waals surface area (Å²) in [4.78, 5) is 0. The third kappa shape index (κ3) is 3.73. The molecule has 1 rings (SSSR count). The maximum Gasteiger partial charge on any atom is 0.164 e. The SMILES string of the molecule is CC.CC(C)n1nc(S(N)=O)cc1CO. The van der Waals surface area contributed by atoms with Crippen LogP contribution in [0.2, 0.25) is 0 Å². The molecule has 0 aromatic carbocycles. The van der Waals surface area contributed by atoms with Crippen LogP contribution in [0.25, 0.3) is 0 Å². The maximum absolute atomic E-state index is 10.9. The summed E-state index contributed by atoms with van der Waals surface area (Å²) in [6.45, 7) is 7.73. The number of rotatable bonds is 3. The summed E-state index contributed by atoms with van der Waals surface area (Å²) < 4.78 is 12.5. The highest BCUT2D eigenvalue weighted by atomic mass is 32.2. The van der Waals surface area contributed by atoms with E-state index in [1.807, 2.05) is 27.7 Å². The molecule has 1 aromatic heterocycles. The fourth-order valence-electron chi connectivity index (χ4n) is 1.07. The van der Waals surface area contributed by atoms with Gasteiger partial charge in [0, 0.05) is 6.04 Å². The van der Waals surface area contributed by atoms with Crippen LogP contribution < -0.4 is 5.14 Å². The van der Waals surface area contributed by atoms with Crippen LogP contribution in [-0.4, -0.2) is 19.1 Å². The number of aliphatic hydroxyl groups is 1. The molecule has 0 aliphatic carbocycles. The van der Waals surface area contributed by atoms with Crippen molar-refractivity contribution in [3.63, 3.8) is 0 Å². The fraction of sp³-hybridized carbons (Fsp3) is 0.667. The Hall–Kier alpha value is -0.720. The Morgan fingerprint density at radius 3 is 2.40 bits per heavy atom. The van der Waals surface area contributed by atoms with Crippen LogP contribution in [0, 0.1) is 0 Å². The van der Waals surface area contributed by atoms with E-state index >= 15 is 0 Å². The first-order valence-electron chi connectivity index (χ1n) is 4.91. The van der Waals surface area contributed by atoms with Gasteiger partial charge >= 0.3 is 0 Å². The van der Waals surface area contributed by atoms with Crippen molar-refractivity contribution < 1.29 is 9.32 Å². The molecule has 6 heteroatoms. The molecule has 0 radical (unpaired) electrons. The molecule has 0 saturated heterocycles. The lowest BCUT2D eigenvalue weighted by atomic mass is 10.3. The van der Waals surface area contributed by atoms with E-state index in [0.29, 0.717) is 10.7 Å². The predicted octanol–water partition coefficient (Wildman–Crippen LogP) is 0.964. The van der Waals surface area contributed by atoms with Crippen LogP contribution in [0.15, 0.2) is 11.1 Å². The Labute approximate surface area is 92.9 Å². The zero-order valence-corrected chi connectivity index (χ0v) is 10.4. The van der Waals surface area contributed by atoms with Gasteiger partial charge in [0.25, 0.3) is 0 Å². The average molecular weight is 233 g/mol. The summed E-state index contributed by atoms with van der Waals surface area (Å²) in [7, 11) is -1.58. The third-order valence-electron chi connectivity index (χ3n) is 1.65. The van der Waals surface area contributed by atoms with E-state index < -0.39 is 11.0 Å². The number of hydrogen-bond donors (Lipinski definition) is 2. The Bertz CT molecular complexity index is 323. The standard InChI is InChI=1S/C7H13N3O2S.C2H6/c1-5(2)10-6(4-11)3-7(9-10)13(8)12;1-2/h3,5,11H,4,8H2,1-2H3;1-2H3. The van der Waals surface area contributed by atoms with Gasteiger partial charge in [0.1, 0.15) is 11.0 Å². The molecule has 0 saturated carbocycles. The van der Waals surface area contributed by atoms with Crippen LogP contribution in [0.3, 0.4) is 0 Å². The topological polar surface area (TPSA) is 81.1 Å². The van der Waals surface area contributed by atoms with E-state index in [4.69, 9.17) is 10.2 Å². The highest BCUT2D eigenvalue weighted by Gasteiger charge is 2.11. The van der Waals surface area contributed by atoms with Gasteiger partial charge in [-0.15, -0.1) is 0 Å². The molecule has 0 bridgehead atoms. The van der Waals surface area contributed by atoms with Gasteiger partial charge in [0.15, 0.2) is 5.03 Å². The largest absolute Gasteiger partial charge is 0.390 e. The van der Waals surface area contributed by atoms with E-state index in [-0.39, 0.29) is 12.6 Å². The van der Waals surface area contributed by atoms with E-state index in [9.17, 15) is 4.21 Å². The third-order valence-corrected chi connectivity index (χ3v) is 2.26. The van der Waals surface area contributed by atoms with Crippen molar-refractivity contribution in [2.24, 2.45) is 5.14 Å². The van der Waals surface area contributed by atoms with E-state index in [0.717, 1.165) is 0 Å². The van der Waals surface area contributed by atoms with Gasteiger partial charge in [-0.2, -0.15) is 5.10 Å². The van der Waals surface area contributed by atoms with Crippen molar-refractivity contribution in [2.45, 2.75) is 45.4 Å². The summed E-state index contributed by atoms with van der Waals surface area (Å²) in [5.74, 6) is 0. The molecule has 5 nitrogen and oxygen atoms in total. The normalized spacial score (nSPS) is 12.2. The first-order valence-corrected chi connectivity index (χ1v) is 6.13. The van der Waals surface area contributed by atoms with Crippen molar-refractivity contribution in [1.29, 1.82) is 0 Å². The number of aromatic nitrogens is 2. The lowest BCUT2D eigenvalue weighted by molar-refractivity contribution is 0.264. The first-order chi connectivity index (χ1) is 7.06. The number of nitrogens with two attached hydrogens (primary N) is 1. The molecule has 0 aliphatic heterocycles. The monoisotopic (exact) mass is 233 g/mol. The first kappa shape index (κ1) is 14.3. The van der Waals surface area contributed by atoms with E-state index in [1.54, 1.807) is 10.7 Å². The van der Waals surface area contributed by atoms with Crippen molar-refractivity contribution in [1.82, 2.24) is 9.78 Å². The van der Waals surface area contributed by atoms with Crippen molar-refractivity contribution in [3.8, 4) is 0 Å². The lowest BCUT2D eigenvalue weighted by Gasteiger charge is -2.07. The smallest absolute Gasteiger partial charge is 0.164 e. The van der Waals surface area contributed by atoms with E-state index in [1.165, 1.54) is 0 Å². The second-order valence-corrected chi connectivity index (χ2v) is 3.98. The molecule has 1 aromatic rings. The molecule has 0 amide bonds. The summed E-state index contributed by atoms with van der Waals surface area (Å²) in [5.41, 5.74) is 0.629. The average Bonchev–Trinajstić information content (AvgIpc) is 2.64. The zero-order valence-electron chi connectivity index (χ0n) is 9.60. The summed E-state index contributed by atoms with van der Waals surface area (Å²) in [6.07, 6.45) is 0. The van der Waals surface area contributed by atoms with Crippen molar-refractivity contribution >= 4 is 11.0 Å². The molecule has 3 N–H and O–H groups in total. The molecular formula is C9H19N3O2S. The molecule has 0 aliphatic rings. The van der Waals surface area contributed by atoms with Crippen LogP contribution in [0.4, 0.5) is 0 Å². The molecule has 1 unspecified atom stereocenters. The van der Waals surface area contributed by atoms with Gasteiger partial charge in [0.05, 0.1) is 12.3 Å². The molecule has 88 valence electrons. The number of aliphatic hydroxyl groups excluding tert-OH is 1. The Kier molecular flexibility index (Phi) is 6.38. The van der Waals surface area contributed by atoms with E-state index in [2.05, 4.69) is 5.10 Å². The fourth-order valence-corrected chi connectivity index (χ4v) is 1.49. The Morgan fingerprint density at radius 1 is 1.60 bits per heavy atom. The number of nitrogens with zero attached hydrogens (tertiary/aromatic N) is 2. The van der Waals surface area contributed by atoms with Crippen LogP contribution in [0.5, 0.6) is 0 Å². The van der Waals surface area contributed by atoms with Crippen LogP contribution >= 0.6 is 0 Å². The zero-order chi connectivity index (χ0) is 12.0. The summed E-state index contributed by atoms with van der Waals surface area (Å²) in [5, 5.41) is 18.4. The highest BCUT2D eigenvalue weighted by molar-refractivity contribution is 7.82. The highest BCUT2D eigenvalue weighted by Crippen LogP contribution is 2.12. The summed E-state index contributed by atoms with van der Waals surface area (Å²) >= 11 is 0. The van der Waals surface area contributed by atoms with Crippen molar-refractivity contribution in [2.75, 3.05) is 0 Å². The van der Waals surface area contributed by atoms with Crippen LogP contribution in [-0.2, 0) is 17.6 Å². The minimum Gasteiger partial charge on any atom is -0.390 e. The van der Waals surface area contributed by atoms with Gasteiger partial charge in [-0.3, -0.25) is 4.68 Å². The quantitative estimate of drug-likeness (QED) is 0.816. The molecule has 0 fully saturated rings. The maximum atomic E-state index is 10.9. The second-order valence-electron chi connectivity index (χ2n) is 2.97. The van der Waals surface area contributed by atoms with Gasteiger partial charge < -0.3 is 5.11 Å². The molecule has 15 heavy (non-hydrogen) atoms. The number of hydrogen-bond acceptors (Lipinski definition) is 3. The van der Waals surface area contributed by atoms with Gasteiger partial charge in [-0.05, 0) is 19.9 Å².